The minimum Gasteiger partial charge on any atom is -0.497 e. The molecule has 0 bridgehead atoms. The number of aromatic amines is 1. The summed E-state index contributed by atoms with van der Waals surface area (Å²) in [6, 6.07) is 10.8. The number of H-pyrrole nitrogens is 1. The van der Waals surface area contributed by atoms with E-state index in [1.54, 1.807) is 30.5 Å². The summed E-state index contributed by atoms with van der Waals surface area (Å²) in [5.74, 6) is 0.725. The number of amides is 2. The molecule has 0 spiro atoms. The highest BCUT2D eigenvalue weighted by Crippen LogP contribution is 2.26. The van der Waals surface area contributed by atoms with E-state index in [0.29, 0.717) is 42.9 Å². The largest absolute Gasteiger partial charge is 0.497 e. The van der Waals surface area contributed by atoms with Crippen molar-refractivity contribution in [1.29, 1.82) is 0 Å². The molecule has 0 radical (unpaired) electrons. The summed E-state index contributed by atoms with van der Waals surface area (Å²) in [7, 11) is 1.59. The van der Waals surface area contributed by atoms with Gasteiger partial charge in [0.15, 0.2) is 5.78 Å². The van der Waals surface area contributed by atoms with Crippen LogP contribution in [0.5, 0.6) is 5.75 Å². The Morgan fingerprint density at radius 2 is 2.04 bits per heavy atom. The third kappa shape index (κ3) is 3.55. The fourth-order valence-corrected chi connectivity index (χ4v) is 3.63. The summed E-state index contributed by atoms with van der Waals surface area (Å²) in [5.41, 5.74) is 2.09. The molecular weight excluding hydrogens is 356 g/mol. The number of pyridine rings is 1. The zero-order valence-electron chi connectivity index (χ0n) is 15.6. The van der Waals surface area contributed by atoms with Gasteiger partial charge in [-0.1, -0.05) is 6.07 Å². The first kappa shape index (κ1) is 18.0. The molecule has 7 nitrogen and oxygen atoms in total. The number of fused-ring (bicyclic) bond motifs is 1. The number of nitrogens with one attached hydrogen (secondary N) is 2. The van der Waals surface area contributed by atoms with Crippen LogP contribution in [0.1, 0.15) is 23.2 Å². The van der Waals surface area contributed by atoms with Gasteiger partial charge in [0.1, 0.15) is 11.4 Å². The van der Waals surface area contributed by atoms with Crippen LogP contribution in [0.15, 0.2) is 48.8 Å². The normalized spacial score (nSPS) is 14.8. The van der Waals surface area contributed by atoms with E-state index >= 15 is 0 Å². The molecule has 2 N–H and O–H groups in total. The molecule has 7 heteroatoms. The van der Waals surface area contributed by atoms with Gasteiger partial charge in [0, 0.05) is 54.1 Å². The number of ketones is 1. The Balaban J connectivity index is 1.37. The van der Waals surface area contributed by atoms with E-state index in [0.717, 1.165) is 11.0 Å². The minimum absolute atomic E-state index is 0.0833. The van der Waals surface area contributed by atoms with Gasteiger partial charge in [0.2, 0.25) is 0 Å². The average molecular weight is 378 g/mol. The lowest BCUT2D eigenvalue weighted by Crippen LogP contribution is -2.42. The smallest absolute Gasteiger partial charge is 0.321 e. The first-order valence-corrected chi connectivity index (χ1v) is 9.32. The van der Waals surface area contributed by atoms with Gasteiger partial charge < -0.3 is 19.9 Å². The fraction of sp³-hybridized carbons (Fsp3) is 0.286. The third-order valence-electron chi connectivity index (χ3n) is 5.19. The molecule has 0 atom stereocenters. The van der Waals surface area contributed by atoms with E-state index in [2.05, 4.69) is 15.3 Å². The van der Waals surface area contributed by atoms with Crippen molar-refractivity contribution in [2.75, 3.05) is 25.5 Å². The van der Waals surface area contributed by atoms with Crippen molar-refractivity contribution in [3.8, 4) is 5.75 Å². The van der Waals surface area contributed by atoms with Gasteiger partial charge in [0.05, 0.1) is 7.11 Å². The third-order valence-corrected chi connectivity index (χ3v) is 5.19. The number of carbonyl (C=O) groups is 2. The monoisotopic (exact) mass is 378 g/mol. The van der Waals surface area contributed by atoms with Crippen LogP contribution in [-0.2, 0) is 0 Å². The van der Waals surface area contributed by atoms with Crippen molar-refractivity contribution < 1.29 is 14.3 Å². The zero-order valence-corrected chi connectivity index (χ0v) is 15.6. The first-order chi connectivity index (χ1) is 13.7. The molecule has 1 aliphatic heterocycles. The number of hydrogen-bond acceptors (Lipinski definition) is 4. The van der Waals surface area contributed by atoms with E-state index in [1.807, 2.05) is 30.3 Å². The molecule has 4 rings (SSSR count). The lowest BCUT2D eigenvalue weighted by atomic mass is 9.89. The summed E-state index contributed by atoms with van der Waals surface area (Å²) in [5, 5.41) is 3.74. The molecular formula is C21H22N4O3. The van der Waals surface area contributed by atoms with Crippen LogP contribution in [-0.4, -0.2) is 46.9 Å². The summed E-state index contributed by atoms with van der Waals surface area (Å²) in [6.07, 6.45) is 4.74. The zero-order chi connectivity index (χ0) is 19.5. The summed E-state index contributed by atoms with van der Waals surface area (Å²) in [4.78, 5) is 34.5. The second-order valence-electron chi connectivity index (χ2n) is 6.89. The van der Waals surface area contributed by atoms with Crippen LogP contribution < -0.4 is 10.1 Å². The standard InChI is InChI=1S/C21H22N4O3/c1-28-16-5-2-4-15(12-16)24-21(27)25-10-7-14(8-11-25)19(26)18-13-23-20-17(18)6-3-9-22-20/h2-6,9,12-14H,7-8,10-11H2,1H3,(H,22,23)(H,24,27). The number of anilines is 1. The van der Waals surface area contributed by atoms with Crippen molar-refractivity contribution in [2.45, 2.75) is 12.8 Å². The van der Waals surface area contributed by atoms with Gasteiger partial charge in [-0.3, -0.25) is 4.79 Å². The number of piperidine rings is 1. The highest BCUT2D eigenvalue weighted by Gasteiger charge is 2.29. The Morgan fingerprint density at radius 1 is 1.21 bits per heavy atom. The van der Waals surface area contributed by atoms with Gasteiger partial charge in [-0.25, -0.2) is 9.78 Å². The number of benzene rings is 1. The van der Waals surface area contributed by atoms with Gasteiger partial charge in [-0.2, -0.15) is 0 Å². The molecule has 1 fully saturated rings. The number of hydrogen-bond donors (Lipinski definition) is 2. The van der Waals surface area contributed by atoms with Gasteiger partial charge in [-0.05, 0) is 37.1 Å². The number of rotatable bonds is 4. The number of Topliss-reactive ketones (excluding diaryl/α,β-unsaturated/α-hetero) is 1. The van der Waals surface area contributed by atoms with Crippen LogP contribution in [0.4, 0.5) is 10.5 Å². The van der Waals surface area contributed by atoms with Crippen molar-refractivity contribution in [3.63, 3.8) is 0 Å². The maximum absolute atomic E-state index is 12.9. The lowest BCUT2D eigenvalue weighted by Gasteiger charge is -2.31. The van der Waals surface area contributed by atoms with Gasteiger partial charge in [-0.15, -0.1) is 0 Å². The van der Waals surface area contributed by atoms with Crippen LogP contribution in [0.25, 0.3) is 11.0 Å². The Morgan fingerprint density at radius 3 is 2.82 bits per heavy atom. The second kappa shape index (κ2) is 7.72. The summed E-state index contributed by atoms with van der Waals surface area (Å²) >= 11 is 0. The number of nitrogens with zero attached hydrogens (tertiary/aromatic N) is 2. The Bertz CT molecular complexity index is 1010. The molecule has 28 heavy (non-hydrogen) atoms. The molecule has 1 aliphatic rings. The number of aromatic nitrogens is 2. The Kier molecular flexibility index (Phi) is 4.97. The summed E-state index contributed by atoms with van der Waals surface area (Å²) < 4.78 is 5.18. The summed E-state index contributed by atoms with van der Waals surface area (Å²) in [6.45, 7) is 1.10. The average Bonchev–Trinajstić information content (AvgIpc) is 3.17. The quantitative estimate of drug-likeness (QED) is 0.678. The Labute approximate surface area is 162 Å². The van der Waals surface area contributed by atoms with Gasteiger partial charge in [0.25, 0.3) is 0 Å². The van der Waals surface area contributed by atoms with E-state index in [4.69, 9.17) is 4.74 Å². The van der Waals surface area contributed by atoms with Crippen LogP contribution in [0, 0.1) is 5.92 Å². The van der Waals surface area contributed by atoms with Crippen LogP contribution in [0.2, 0.25) is 0 Å². The SMILES string of the molecule is COc1cccc(NC(=O)N2CCC(C(=O)c3c[nH]c4ncccc34)CC2)c1. The lowest BCUT2D eigenvalue weighted by molar-refractivity contribution is 0.0861. The highest BCUT2D eigenvalue weighted by molar-refractivity contribution is 6.08. The fourth-order valence-electron chi connectivity index (χ4n) is 3.63. The molecule has 2 aromatic heterocycles. The second-order valence-corrected chi connectivity index (χ2v) is 6.89. The predicted molar refractivity (Wildman–Crippen MR) is 107 cm³/mol. The van der Waals surface area contributed by atoms with Crippen LogP contribution in [0.3, 0.4) is 0 Å². The molecule has 3 aromatic rings. The minimum atomic E-state index is -0.157. The van der Waals surface area contributed by atoms with Crippen molar-refractivity contribution in [3.05, 3.63) is 54.4 Å². The van der Waals surface area contributed by atoms with Crippen molar-refractivity contribution >= 4 is 28.5 Å². The number of methoxy groups -OCH3 is 1. The van der Waals surface area contributed by atoms with Crippen molar-refractivity contribution in [2.24, 2.45) is 5.92 Å². The molecule has 3 heterocycles. The highest BCUT2D eigenvalue weighted by atomic mass is 16.5. The van der Waals surface area contributed by atoms with E-state index in [9.17, 15) is 9.59 Å². The molecule has 0 aliphatic carbocycles. The number of ether oxygens (including phenoxy) is 1. The van der Waals surface area contributed by atoms with E-state index < -0.39 is 0 Å². The first-order valence-electron chi connectivity index (χ1n) is 9.32. The molecule has 1 aromatic carbocycles. The number of urea groups is 1. The maximum atomic E-state index is 12.9. The van der Waals surface area contributed by atoms with Crippen LogP contribution >= 0.6 is 0 Å². The number of carbonyl (C=O) groups excluding carboxylic acids is 2. The Hall–Kier alpha value is -3.35. The molecule has 144 valence electrons. The van der Waals surface area contributed by atoms with Gasteiger partial charge >= 0.3 is 6.03 Å². The molecule has 1 saturated heterocycles. The molecule has 2 amide bonds. The van der Waals surface area contributed by atoms with E-state index in [-0.39, 0.29) is 17.7 Å². The maximum Gasteiger partial charge on any atom is 0.321 e. The van der Waals surface area contributed by atoms with E-state index in [1.165, 1.54) is 0 Å². The molecule has 0 unspecified atom stereocenters. The number of likely N-dealkylation sites (tertiary alicyclic amines) is 1. The topological polar surface area (TPSA) is 87.3 Å². The predicted octanol–water partition coefficient (Wildman–Crippen LogP) is 3.70. The van der Waals surface area contributed by atoms with Crippen molar-refractivity contribution in [1.82, 2.24) is 14.9 Å². The molecule has 0 saturated carbocycles.